The summed E-state index contributed by atoms with van der Waals surface area (Å²) in [6, 6.07) is 14.9. The van der Waals surface area contributed by atoms with Crippen LogP contribution in [0.3, 0.4) is 0 Å². The lowest BCUT2D eigenvalue weighted by atomic mass is 10.1. The summed E-state index contributed by atoms with van der Waals surface area (Å²) >= 11 is 11.8. The number of carbonyl (C=O) groups excluding carboxylic acids is 1. The minimum Gasteiger partial charge on any atom is -0.493 e. The van der Waals surface area contributed by atoms with E-state index in [2.05, 4.69) is 43.5 Å². The first kappa shape index (κ1) is 25.1. The van der Waals surface area contributed by atoms with E-state index >= 15 is 0 Å². The summed E-state index contributed by atoms with van der Waals surface area (Å²) in [4.78, 5) is 27.3. The van der Waals surface area contributed by atoms with Gasteiger partial charge >= 0.3 is 5.97 Å². The second-order valence-electron chi connectivity index (χ2n) is 7.21. The predicted octanol–water partition coefficient (Wildman–Crippen LogP) is 6.55. The van der Waals surface area contributed by atoms with Crippen molar-refractivity contribution in [1.82, 2.24) is 0 Å². The number of nitrogens with zero attached hydrogens (tertiary/aromatic N) is 2. The van der Waals surface area contributed by atoms with Gasteiger partial charge in [0.1, 0.15) is 6.61 Å². The summed E-state index contributed by atoms with van der Waals surface area (Å²) in [6.07, 6.45) is 1.56. The van der Waals surface area contributed by atoms with Crippen LogP contribution in [-0.4, -0.2) is 23.9 Å². The number of rotatable bonds is 7. The second-order valence-corrected chi connectivity index (χ2v) is 9.72. The lowest BCUT2D eigenvalue weighted by molar-refractivity contribution is -0.384. The SMILES string of the molecule is COc1cc(/C=C2\N=C(c3cc(I)ccc3Cl)OC2=O)cc(Br)c1OCc1cccc([N+](=O)[O-])c1. The van der Waals surface area contributed by atoms with Gasteiger partial charge in [-0.2, -0.15) is 0 Å². The Morgan fingerprint density at radius 3 is 2.77 bits per heavy atom. The van der Waals surface area contributed by atoms with Crippen molar-refractivity contribution in [3.63, 3.8) is 0 Å². The summed E-state index contributed by atoms with van der Waals surface area (Å²) in [5.41, 5.74) is 1.85. The van der Waals surface area contributed by atoms with Crippen molar-refractivity contribution >= 4 is 73.8 Å². The third-order valence-corrected chi connectivity index (χ3v) is 6.43. The van der Waals surface area contributed by atoms with E-state index in [-0.39, 0.29) is 23.9 Å². The van der Waals surface area contributed by atoms with Crippen LogP contribution in [0, 0.1) is 13.7 Å². The zero-order valence-electron chi connectivity index (χ0n) is 18.0. The number of hydrogen-bond donors (Lipinski definition) is 0. The Morgan fingerprint density at radius 2 is 2.03 bits per heavy atom. The number of non-ortho nitro benzene ring substituents is 1. The normalized spacial score (nSPS) is 14.0. The Labute approximate surface area is 227 Å². The lowest BCUT2D eigenvalue weighted by Crippen LogP contribution is -2.06. The molecule has 0 unspecified atom stereocenters. The Hall–Kier alpha value is -2.96. The zero-order chi connectivity index (χ0) is 25.1. The number of hydrogen-bond acceptors (Lipinski definition) is 7. The molecule has 4 rings (SSSR count). The van der Waals surface area contributed by atoms with Gasteiger partial charge in [-0.05, 0) is 86.1 Å². The molecule has 11 heteroatoms. The average Bonchev–Trinajstić information content (AvgIpc) is 3.19. The van der Waals surface area contributed by atoms with Crippen LogP contribution in [0.15, 0.2) is 69.8 Å². The van der Waals surface area contributed by atoms with Crippen LogP contribution in [0.4, 0.5) is 5.69 Å². The van der Waals surface area contributed by atoms with E-state index in [0.29, 0.717) is 37.7 Å². The Bertz CT molecular complexity index is 1410. The molecular formula is C24H15BrClIN2O6. The monoisotopic (exact) mass is 668 g/mol. The number of carbonyl (C=O) groups is 1. The molecule has 0 atom stereocenters. The fraction of sp³-hybridized carbons (Fsp3) is 0.0833. The molecule has 0 bridgehead atoms. The minimum atomic E-state index is -0.601. The van der Waals surface area contributed by atoms with E-state index in [4.69, 9.17) is 25.8 Å². The van der Waals surface area contributed by atoms with E-state index < -0.39 is 10.9 Å². The maximum absolute atomic E-state index is 12.4. The number of nitro groups is 1. The van der Waals surface area contributed by atoms with Crippen molar-refractivity contribution in [2.75, 3.05) is 7.11 Å². The first-order valence-corrected chi connectivity index (χ1v) is 12.2. The van der Waals surface area contributed by atoms with Gasteiger partial charge in [0, 0.05) is 15.7 Å². The third-order valence-electron chi connectivity index (χ3n) is 4.84. The molecule has 0 amide bonds. The van der Waals surface area contributed by atoms with Gasteiger partial charge in [-0.3, -0.25) is 10.1 Å². The summed E-state index contributed by atoms with van der Waals surface area (Å²) in [6.45, 7) is 0.0910. The van der Waals surface area contributed by atoms with Crippen LogP contribution < -0.4 is 9.47 Å². The Balaban J connectivity index is 1.60. The highest BCUT2D eigenvalue weighted by molar-refractivity contribution is 14.1. The van der Waals surface area contributed by atoms with E-state index in [1.807, 2.05) is 6.07 Å². The molecule has 1 heterocycles. The van der Waals surface area contributed by atoms with Crippen molar-refractivity contribution in [3.05, 3.63) is 100 Å². The highest BCUT2D eigenvalue weighted by Crippen LogP contribution is 2.38. The van der Waals surface area contributed by atoms with Crippen LogP contribution in [0.5, 0.6) is 11.5 Å². The van der Waals surface area contributed by atoms with Crippen molar-refractivity contribution in [3.8, 4) is 11.5 Å². The topological polar surface area (TPSA) is 100 Å². The fourth-order valence-electron chi connectivity index (χ4n) is 3.22. The van der Waals surface area contributed by atoms with Crippen molar-refractivity contribution in [2.24, 2.45) is 4.99 Å². The molecule has 178 valence electrons. The zero-order valence-corrected chi connectivity index (χ0v) is 22.5. The summed E-state index contributed by atoms with van der Waals surface area (Å²) in [5.74, 6) is 0.335. The molecule has 0 spiro atoms. The standard InChI is InChI=1S/C24H15BrClIN2O6/c1-33-21-10-14(8-18(25)22(21)34-12-13-3-2-4-16(7-13)29(31)32)9-20-24(30)35-23(28-20)17-11-15(27)5-6-19(17)26/h2-11H,12H2,1H3/b20-9-. The molecule has 1 aliphatic rings. The van der Waals surface area contributed by atoms with Gasteiger partial charge in [-0.25, -0.2) is 9.79 Å². The van der Waals surface area contributed by atoms with Gasteiger partial charge in [0.15, 0.2) is 17.2 Å². The average molecular weight is 670 g/mol. The maximum atomic E-state index is 12.4. The van der Waals surface area contributed by atoms with Crippen LogP contribution in [0.2, 0.25) is 5.02 Å². The van der Waals surface area contributed by atoms with E-state index in [1.54, 1.807) is 42.5 Å². The summed E-state index contributed by atoms with van der Waals surface area (Å²) in [7, 11) is 1.48. The highest BCUT2D eigenvalue weighted by Gasteiger charge is 2.26. The molecule has 0 aromatic heterocycles. The molecule has 35 heavy (non-hydrogen) atoms. The molecule has 0 N–H and O–H groups in total. The third kappa shape index (κ3) is 5.82. The van der Waals surface area contributed by atoms with Crippen molar-refractivity contribution in [1.29, 1.82) is 0 Å². The fourth-order valence-corrected chi connectivity index (χ4v) is 4.49. The minimum absolute atomic E-state index is 0.0195. The second kappa shape index (κ2) is 10.8. The molecule has 3 aromatic carbocycles. The lowest BCUT2D eigenvalue weighted by Gasteiger charge is -2.13. The van der Waals surface area contributed by atoms with Gasteiger partial charge in [0.2, 0.25) is 5.90 Å². The molecule has 0 aliphatic carbocycles. The van der Waals surface area contributed by atoms with Gasteiger partial charge in [-0.15, -0.1) is 0 Å². The smallest absolute Gasteiger partial charge is 0.363 e. The molecular weight excluding hydrogens is 655 g/mol. The highest BCUT2D eigenvalue weighted by atomic mass is 127. The van der Waals surface area contributed by atoms with E-state index in [0.717, 1.165) is 3.57 Å². The number of methoxy groups -OCH3 is 1. The van der Waals surface area contributed by atoms with Crippen LogP contribution in [-0.2, 0) is 16.1 Å². The maximum Gasteiger partial charge on any atom is 0.363 e. The van der Waals surface area contributed by atoms with Gasteiger partial charge in [0.05, 0.1) is 27.1 Å². The van der Waals surface area contributed by atoms with Crippen LogP contribution in [0.25, 0.3) is 6.08 Å². The molecule has 0 saturated heterocycles. The largest absolute Gasteiger partial charge is 0.493 e. The molecule has 0 saturated carbocycles. The number of benzene rings is 3. The molecule has 8 nitrogen and oxygen atoms in total. The van der Waals surface area contributed by atoms with Gasteiger partial charge < -0.3 is 14.2 Å². The number of esters is 1. The molecule has 3 aromatic rings. The Kier molecular flexibility index (Phi) is 7.72. The van der Waals surface area contributed by atoms with Crippen LogP contribution >= 0.6 is 50.1 Å². The summed E-state index contributed by atoms with van der Waals surface area (Å²) in [5, 5.41) is 11.4. The first-order chi connectivity index (χ1) is 16.7. The molecule has 1 aliphatic heterocycles. The van der Waals surface area contributed by atoms with Crippen molar-refractivity contribution < 1.29 is 23.9 Å². The van der Waals surface area contributed by atoms with Gasteiger partial charge in [0.25, 0.3) is 5.69 Å². The van der Waals surface area contributed by atoms with Crippen molar-refractivity contribution in [2.45, 2.75) is 6.61 Å². The number of nitro benzene ring substituents is 1. The van der Waals surface area contributed by atoms with E-state index in [9.17, 15) is 14.9 Å². The number of cyclic esters (lactones) is 1. The number of halogens is 3. The van der Waals surface area contributed by atoms with Gasteiger partial charge in [-0.1, -0.05) is 23.7 Å². The Morgan fingerprint density at radius 1 is 1.23 bits per heavy atom. The quantitative estimate of drug-likeness (QED) is 0.0931. The molecule has 0 radical (unpaired) electrons. The van der Waals surface area contributed by atoms with Crippen LogP contribution in [0.1, 0.15) is 16.7 Å². The van der Waals surface area contributed by atoms with E-state index in [1.165, 1.54) is 19.2 Å². The summed E-state index contributed by atoms with van der Waals surface area (Å²) < 4.78 is 18.2. The predicted molar refractivity (Wildman–Crippen MR) is 143 cm³/mol. The number of ether oxygens (including phenoxy) is 3. The number of aliphatic imine (C=N–C) groups is 1. The first-order valence-electron chi connectivity index (χ1n) is 9.97. The molecule has 0 fully saturated rings.